The van der Waals surface area contributed by atoms with Gasteiger partial charge in [0.05, 0.1) is 12.7 Å². The Morgan fingerprint density at radius 3 is 2.63 bits per heavy atom. The smallest absolute Gasteiger partial charge is 0.160 e. The second-order valence-corrected chi connectivity index (χ2v) is 5.23. The summed E-state index contributed by atoms with van der Waals surface area (Å²) in [5.74, 6) is 0.656. The van der Waals surface area contributed by atoms with Gasteiger partial charge in [0.2, 0.25) is 0 Å². The molecule has 1 rings (SSSR count). The average Bonchev–Trinajstić information content (AvgIpc) is 2.36. The highest BCUT2D eigenvalue weighted by Gasteiger charge is 2.19. The van der Waals surface area contributed by atoms with Crippen LogP contribution in [0.4, 0.5) is 0 Å². The number of rotatable bonds is 7. The zero-order valence-corrected chi connectivity index (χ0v) is 12.5. The number of nitrogens with one attached hydrogen (secondary N) is 1. The van der Waals surface area contributed by atoms with Crippen molar-refractivity contribution in [1.29, 1.82) is 0 Å². The molecule has 1 atom stereocenters. The molecule has 1 aromatic carbocycles. The topological polar surface area (TPSA) is 50.7 Å². The molecule has 1 unspecified atom stereocenters. The minimum atomic E-state index is -0.190. The number of ether oxygens (including phenoxy) is 2. The Labute approximate surface area is 115 Å². The predicted molar refractivity (Wildman–Crippen MR) is 76.8 cm³/mol. The van der Waals surface area contributed by atoms with Crippen molar-refractivity contribution in [2.75, 3.05) is 20.3 Å². The first kappa shape index (κ1) is 15.8. The molecule has 0 saturated heterocycles. The lowest BCUT2D eigenvalue weighted by Gasteiger charge is -2.27. The van der Waals surface area contributed by atoms with E-state index < -0.39 is 0 Å². The summed E-state index contributed by atoms with van der Waals surface area (Å²) in [5, 5.41) is 13.0. The van der Waals surface area contributed by atoms with Crippen LogP contribution in [-0.4, -0.2) is 31.0 Å². The molecule has 0 amide bonds. The molecule has 108 valence electrons. The van der Waals surface area contributed by atoms with Crippen LogP contribution in [0.3, 0.4) is 0 Å². The predicted octanol–water partition coefficient (Wildman–Crippen LogP) is 2.87. The summed E-state index contributed by atoms with van der Waals surface area (Å²) in [6.45, 7) is 9.66. The van der Waals surface area contributed by atoms with Gasteiger partial charge >= 0.3 is 0 Å². The van der Waals surface area contributed by atoms with E-state index in [1.54, 1.807) is 13.2 Å². The van der Waals surface area contributed by atoms with Crippen LogP contribution in [0.25, 0.3) is 0 Å². The lowest BCUT2D eigenvalue weighted by Crippen LogP contribution is -2.38. The monoisotopic (exact) mass is 267 g/mol. The molecule has 4 heteroatoms. The number of aromatic hydroxyl groups is 1. The van der Waals surface area contributed by atoms with Gasteiger partial charge in [-0.15, -0.1) is 0 Å². The Hall–Kier alpha value is -1.26. The maximum Gasteiger partial charge on any atom is 0.160 e. The number of methoxy groups -OCH3 is 1. The molecule has 4 nitrogen and oxygen atoms in total. The maximum absolute atomic E-state index is 9.58. The standard InChI is InChI=1S/C15H25NO3/c1-6-19-15(3,4)10-16-11(2)12-7-8-13(17)14(9-12)18-5/h7-9,11,16-17H,6,10H2,1-5H3. The fourth-order valence-corrected chi connectivity index (χ4v) is 1.92. The normalized spacial score (nSPS) is 13.3. The summed E-state index contributed by atoms with van der Waals surface area (Å²) in [4.78, 5) is 0. The van der Waals surface area contributed by atoms with Gasteiger partial charge in [0, 0.05) is 19.2 Å². The van der Waals surface area contributed by atoms with E-state index in [4.69, 9.17) is 9.47 Å². The van der Waals surface area contributed by atoms with E-state index in [0.29, 0.717) is 12.4 Å². The van der Waals surface area contributed by atoms with E-state index in [0.717, 1.165) is 12.1 Å². The van der Waals surface area contributed by atoms with Gasteiger partial charge in [0.15, 0.2) is 11.5 Å². The van der Waals surface area contributed by atoms with Gasteiger partial charge in [0.1, 0.15) is 0 Å². The molecule has 0 fully saturated rings. The fourth-order valence-electron chi connectivity index (χ4n) is 1.92. The number of hydrogen-bond donors (Lipinski definition) is 2. The van der Waals surface area contributed by atoms with Crippen molar-refractivity contribution in [3.63, 3.8) is 0 Å². The van der Waals surface area contributed by atoms with Crippen molar-refractivity contribution in [3.8, 4) is 11.5 Å². The first-order chi connectivity index (χ1) is 8.89. The summed E-state index contributed by atoms with van der Waals surface area (Å²) >= 11 is 0. The van der Waals surface area contributed by atoms with E-state index in [1.807, 2.05) is 19.1 Å². The summed E-state index contributed by atoms with van der Waals surface area (Å²) < 4.78 is 10.8. The molecule has 1 aromatic rings. The van der Waals surface area contributed by atoms with Gasteiger partial charge in [-0.05, 0) is 45.4 Å². The van der Waals surface area contributed by atoms with E-state index in [1.165, 1.54) is 0 Å². The quantitative estimate of drug-likeness (QED) is 0.797. The van der Waals surface area contributed by atoms with Crippen molar-refractivity contribution >= 4 is 0 Å². The summed E-state index contributed by atoms with van der Waals surface area (Å²) in [7, 11) is 1.55. The lowest BCUT2D eigenvalue weighted by atomic mass is 10.1. The zero-order chi connectivity index (χ0) is 14.5. The molecule has 0 bridgehead atoms. The molecule has 0 aliphatic heterocycles. The minimum Gasteiger partial charge on any atom is -0.504 e. The molecular weight excluding hydrogens is 242 g/mol. The van der Waals surface area contributed by atoms with Gasteiger partial charge in [-0.3, -0.25) is 0 Å². The van der Waals surface area contributed by atoms with Crippen molar-refractivity contribution in [2.45, 2.75) is 39.3 Å². The molecule has 0 aromatic heterocycles. The molecule has 0 spiro atoms. The Bertz CT molecular complexity index is 404. The molecule has 0 saturated carbocycles. The summed E-state index contributed by atoms with van der Waals surface area (Å²) in [6.07, 6.45) is 0. The fraction of sp³-hybridized carbons (Fsp3) is 0.600. The van der Waals surface area contributed by atoms with Gasteiger partial charge < -0.3 is 19.9 Å². The first-order valence-corrected chi connectivity index (χ1v) is 6.64. The molecule has 2 N–H and O–H groups in total. The highest BCUT2D eigenvalue weighted by molar-refractivity contribution is 5.42. The largest absolute Gasteiger partial charge is 0.504 e. The minimum absolute atomic E-state index is 0.160. The van der Waals surface area contributed by atoms with Crippen LogP contribution in [0.2, 0.25) is 0 Å². The third kappa shape index (κ3) is 4.73. The third-order valence-electron chi connectivity index (χ3n) is 3.07. The number of phenolic OH excluding ortho intramolecular Hbond substituents is 1. The molecule has 0 aliphatic carbocycles. The van der Waals surface area contributed by atoms with E-state index in [9.17, 15) is 5.11 Å². The Morgan fingerprint density at radius 1 is 1.37 bits per heavy atom. The molecule has 19 heavy (non-hydrogen) atoms. The van der Waals surface area contributed by atoms with Gasteiger partial charge in [0.25, 0.3) is 0 Å². The SMILES string of the molecule is CCOC(C)(C)CNC(C)c1ccc(O)c(OC)c1. The Morgan fingerprint density at radius 2 is 2.05 bits per heavy atom. The second-order valence-electron chi connectivity index (χ2n) is 5.23. The number of phenols is 1. The van der Waals surface area contributed by atoms with Gasteiger partial charge in [-0.2, -0.15) is 0 Å². The summed E-state index contributed by atoms with van der Waals surface area (Å²) in [6, 6.07) is 5.55. The Kier molecular flexibility index (Phi) is 5.63. The first-order valence-electron chi connectivity index (χ1n) is 6.64. The van der Waals surface area contributed by atoms with Crippen LogP contribution in [-0.2, 0) is 4.74 Å². The molecule has 0 radical (unpaired) electrons. The number of hydrogen-bond acceptors (Lipinski definition) is 4. The Balaban J connectivity index is 2.65. The average molecular weight is 267 g/mol. The highest BCUT2D eigenvalue weighted by Crippen LogP contribution is 2.28. The number of benzene rings is 1. The lowest BCUT2D eigenvalue weighted by molar-refractivity contribution is -0.0103. The summed E-state index contributed by atoms with van der Waals surface area (Å²) in [5.41, 5.74) is 0.881. The molecular formula is C15H25NO3. The van der Waals surface area contributed by atoms with Crippen LogP contribution in [0, 0.1) is 0 Å². The van der Waals surface area contributed by atoms with Crippen molar-refractivity contribution in [1.82, 2.24) is 5.32 Å². The maximum atomic E-state index is 9.58. The highest BCUT2D eigenvalue weighted by atomic mass is 16.5. The van der Waals surface area contributed by atoms with Crippen LogP contribution >= 0.6 is 0 Å². The van der Waals surface area contributed by atoms with E-state index in [-0.39, 0.29) is 17.4 Å². The van der Waals surface area contributed by atoms with Gasteiger partial charge in [-0.25, -0.2) is 0 Å². The second kappa shape index (κ2) is 6.78. The van der Waals surface area contributed by atoms with Gasteiger partial charge in [-0.1, -0.05) is 6.07 Å². The molecule has 0 aliphatic rings. The van der Waals surface area contributed by atoms with Crippen molar-refractivity contribution in [2.24, 2.45) is 0 Å². The van der Waals surface area contributed by atoms with Crippen LogP contribution in [0.15, 0.2) is 18.2 Å². The van der Waals surface area contributed by atoms with Crippen LogP contribution < -0.4 is 10.1 Å². The van der Waals surface area contributed by atoms with Crippen molar-refractivity contribution < 1.29 is 14.6 Å². The van der Waals surface area contributed by atoms with E-state index in [2.05, 4.69) is 26.1 Å². The third-order valence-corrected chi connectivity index (χ3v) is 3.07. The van der Waals surface area contributed by atoms with Crippen LogP contribution in [0.1, 0.15) is 39.3 Å². The molecule has 0 heterocycles. The van der Waals surface area contributed by atoms with E-state index >= 15 is 0 Å². The van der Waals surface area contributed by atoms with Crippen molar-refractivity contribution in [3.05, 3.63) is 23.8 Å². The zero-order valence-electron chi connectivity index (χ0n) is 12.5. The van der Waals surface area contributed by atoms with Crippen LogP contribution in [0.5, 0.6) is 11.5 Å².